The molecule has 100 valence electrons. The molecule has 0 bridgehead atoms. The van der Waals surface area contributed by atoms with Crippen molar-refractivity contribution in [2.45, 2.75) is 37.0 Å². The van der Waals surface area contributed by atoms with E-state index < -0.39 is 9.84 Å². The molecule has 0 aliphatic heterocycles. The largest absolute Gasteiger partial charge is 0.324 e. The Morgan fingerprint density at radius 3 is 2.61 bits per heavy atom. The molecular weight excluding hydrogens is 248 g/mol. The molecule has 0 saturated heterocycles. The topological polar surface area (TPSA) is 73.0 Å². The van der Waals surface area contributed by atoms with Crippen LogP contribution in [0.15, 0.2) is 24.5 Å². The van der Waals surface area contributed by atoms with Gasteiger partial charge in [-0.15, -0.1) is 0 Å². The van der Waals surface area contributed by atoms with E-state index in [-0.39, 0.29) is 17.2 Å². The second-order valence-corrected chi connectivity index (χ2v) is 7.51. The molecule has 1 saturated carbocycles. The molecule has 5 heteroatoms. The number of pyridine rings is 1. The van der Waals surface area contributed by atoms with Crippen LogP contribution in [0, 0.1) is 5.92 Å². The summed E-state index contributed by atoms with van der Waals surface area (Å²) in [5, 5.41) is -0.218. The number of hydrogen-bond donors (Lipinski definition) is 1. The van der Waals surface area contributed by atoms with E-state index in [4.69, 9.17) is 5.73 Å². The molecule has 0 amide bonds. The fourth-order valence-corrected chi connectivity index (χ4v) is 3.95. The molecular formula is C13H20N2O2S. The van der Waals surface area contributed by atoms with Crippen LogP contribution < -0.4 is 5.73 Å². The standard InChI is InChI=1S/C13H20N2O2S/c1-18(16,17)12-4-2-3-11(9-12)13(14)10-5-7-15-8-6-10/h5-8,11-13H,2-4,9,14H2,1H3. The second-order valence-electron chi connectivity index (χ2n) is 5.18. The minimum Gasteiger partial charge on any atom is -0.324 e. The molecule has 1 aromatic heterocycles. The van der Waals surface area contributed by atoms with Crippen LogP contribution in [0.1, 0.15) is 37.3 Å². The maximum absolute atomic E-state index is 11.6. The summed E-state index contributed by atoms with van der Waals surface area (Å²) in [6, 6.07) is 3.74. The van der Waals surface area contributed by atoms with Gasteiger partial charge in [0.05, 0.1) is 5.25 Å². The third-order valence-electron chi connectivity index (χ3n) is 3.87. The predicted molar refractivity (Wildman–Crippen MR) is 71.8 cm³/mol. The Kier molecular flexibility index (Phi) is 4.02. The Morgan fingerprint density at radius 2 is 2.00 bits per heavy atom. The van der Waals surface area contributed by atoms with Crippen molar-refractivity contribution in [3.8, 4) is 0 Å². The van der Waals surface area contributed by atoms with Gasteiger partial charge in [-0.25, -0.2) is 8.42 Å². The van der Waals surface area contributed by atoms with Crippen LogP contribution in [-0.2, 0) is 9.84 Å². The fraction of sp³-hybridized carbons (Fsp3) is 0.615. The highest BCUT2D eigenvalue weighted by Crippen LogP contribution is 2.35. The fourth-order valence-electron chi connectivity index (χ4n) is 2.75. The number of nitrogens with zero attached hydrogens (tertiary/aromatic N) is 1. The van der Waals surface area contributed by atoms with E-state index in [1.54, 1.807) is 12.4 Å². The lowest BCUT2D eigenvalue weighted by Crippen LogP contribution is -2.32. The summed E-state index contributed by atoms with van der Waals surface area (Å²) in [7, 11) is -2.94. The molecule has 1 aliphatic rings. The molecule has 3 unspecified atom stereocenters. The van der Waals surface area contributed by atoms with E-state index in [0.29, 0.717) is 6.42 Å². The summed E-state index contributed by atoms with van der Waals surface area (Å²) in [6.45, 7) is 0. The molecule has 1 heterocycles. The minimum absolute atomic E-state index is 0.0856. The van der Waals surface area contributed by atoms with E-state index >= 15 is 0 Å². The first-order chi connectivity index (χ1) is 8.48. The average Bonchev–Trinajstić information content (AvgIpc) is 2.38. The smallest absolute Gasteiger partial charge is 0.150 e. The van der Waals surface area contributed by atoms with Crippen molar-refractivity contribution in [1.82, 2.24) is 4.98 Å². The van der Waals surface area contributed by atoms with Gasteiger partial charge in [0.1, 0.15) is 9.84 Å². The van der Waals surface area contributed by atoms with Gasteiger partial charge in [0.2, 0.25) is 0 Å². The predicted octanol–water partition coefficient (Wildman–Crippen LogP) is 1.68. The lowest BCUT2D eigenvalue weighted by atomic mass is 9.81. The first-order valence-corrected chi connectivity index (χ1v) is 8.28. The van der Waals surface area contributed by atoms with Crippen LogP contribution >= 0.6 is 0 Å². The molecule has 0 radical (unpaired) electrons. The highest BCUT2D eigenvalue weighted by Gasteiger charge is 2.32. The number of rotatable bonds is 3. The zero-order valence-corrected chi connectivity index (χ0v) is 11.4. The van der Waals surface area contributed by atoms with Gasteiger partial charge < -0.3 is 5.73 Å². The van der Waals surface area contributed by atoms with Gasteiger partial charge in [-0.1, -0.05) is 6.42 Å². The van der Waals surface area contributed by atoms with Gasteiger partial charge in [0.25, 0.3) is 0 Å². The van der Waals surface area contributed by atoms with Crippen molar-refractivity contribution >= 4 is 9.84 Å². The quantitative estimate of drug-likeness (QED) is 0.905. The highest BCUT2D eigenvalue weighted by molar-refractivity contribution is 7.91. The Labute approximate surface area is 109 Å². The van der Waals surface area contributed by atoms with Gasteiger partial charge in [-0.05, 0) is 42.9 Å². The molecule has 1 aliphatic carbocycles. The Hall–Kier alpha value is -0.940. The van der Waals surface area contributed by atoms with E-state index in [9.17, 15) is 8.42 Å². The Balaban J connectivity index is 2.10. The summed E-state index contributed by atoms with van der Waals surface area (Å²) in [6.07, 6.45) is 8.20. The zero-order valence-electron chi connectivity index (χ0n) is 10.6. The SMILES string of the molecule is CS(=O)(=O)C1CCCC(C(N)c2ccncc2)C1. The number of aromatic nitrogens is 1. The van der Waals surface area contributed by atoms with Crippen LogP contribution in [0.4, 0.5) is 0 Å². The summed E-state index contributed by atoms with van der Waals surface area (Å²) in [5.74, 6) is 0.251. The van der Waals surface area contributed by atoms with Crippen molar-refractivity contribution in [2.24, 2.45) is 11.7 Å². The highest BCUT2D eigenvalue weighted by atomic mass is 32.2. The molecule has 1 fully saturated rings. The van der Waals surface area contributed by atoms with Gasteiger partial charge in [-0.2, -0.15) is 0 Å². The maximum Gasteiger partial charge on any atom is 0.150 e. The van der Waals surface area contributed by atoms with Crippen molar-refractivity contribution in [2.75, 3.05) is 6.26 Å². The third kappa shape index (κ3) is 3.09. The second kappa shape index (κ2) is 5.36. The van der Waals surface area contributed by atoms with Crippen LogP contribution in [0.5, 0.6) is 0 Å². The van der Waals surface area contributed by atoms with Crippen LogP contribution in [-0.4, -0.2) is 24.9 Å². The van der Waals surface area contributed by atoms with Crippen LogP contribution in [0.3, 0.4) is 0 Å². The van der Waals surface area contributed by atoms with Crippen molar-refractivity contribution in [3.63, 3.8) is 0 Å². The van der Waals surface area contributed by atoms with Crippen LogP contribution in [0.2, 0.25) is 0 Å². The molecule has 18 heavy (non-hydrogen) atoms. The van der Waals surface area contributed by atoms with E-state index in [2.05, 4.69) is 4.98 Å². The lowest BCUT2D eigenvalue weighted by molar-refractivity contribution is 0.309. The van der Waals surface area contributed by atoms with Gasteiger partial charge in [-0.3, -0.25) is 4.98 Å². The Bertz CT molecular complexity index is 487. The monoisotopic (exact) mass is 268 g/mol. The number of nitrogens with two attached hydrogens (primary N) is 1. The van der Waals surface area contributed by atoms with E-state index in [0.717, 1.165) is 24.8 Å². The van der Waals surface area contributed by atoms with Crippen molar-refractivity contribution in [3.05, 3.63) is 30.1 Å². The van der Waals surface area contributed by atoms with E-state index in [1.807, 2.05) is 12.1 Å². The molecule has 2 rings (SSSR count). The molecule has 1 aromatic rings. The molecule has 0 aromatic carbocycles. The molecule has 3 atom stereocenters. The van der Waals surface area contributed by atoms with Crippen LogP contribution in [0.25, 0.3) is 0 Å². The van der Waals surface area contributed by atoms with Gasteiger partial charge >= 0.3 is 0 Å². The van der Waals surface area contributed by atoms with Gasteiger partial charge in [0.15, 0.2) is 0 Å². The Morgan fingerprint density at radius 1 is 1.33 bits per heavy atom. The molecule has 2 N–H and O–H groups in total. The zero-order chi connectivity index (χ0) is 13.2. The third-order valence-corrected chi connectivity index (χ3v) is 5.51. The minimum atomic E-state index is -2.94. The van der Waals surface area contributed by atoms with Crippen molar-refractivity contribution < 1.29 is 8.42 Å². The normalized spacial score (nSPS) is 26.8. The maximum atomic E-state index is 11.6. The summed E-state index contributed by atoms with van der Waals surface area (Å²) in [5.41, 5.74) is 7.30. The number of hydrogen-bond acceptors (Lipinski definition) is 4. The first-order valence-electron chi connectivity index (χ1n) is 6.33. The van der Waals surface area contributed by atoms with Gasteiger partial charge in [0, 0.05) is 24.7 Å². The summed E-state index contributed by atoms with van der Waals surface area (Å²) < 4.78 is 23.3. The summed E-state index contributed by atoms with van der Waals surface area (Å²) in [4.78, 5) is 3.98. The first kappa shape index (κ1) is 13.5. The molecule has 0 spiro atoms. The lowest BCUT2D eigenvalue weighted by Gasteiger charge is -2.32. The number of sulfone groups is 1. The summed E-state index contributed by atoms with van der Waals surface area (Å²) >= 11 is 0. The average molecular weight is 268 g/mol. The van der Waals surface area contributed by atoms with Crippen molar-refractivity contribution in [1.29, 1.82) is 0 Å². The van der Waals surface area contributed by atoms with E-state index in [1.165, 1.54) is 6.26 Å². The molecule has 4 nitrogen and oxygen atoms in total.